The second kappa shape index (κ2) is 4.13. The van der Waals surface area contributed by atoms with E-state index in [1.807, 2.05) is 24.3 Å². The fourth-order valence-electron chi connectivity index (χ4n) is 1.56. The molecule has 0 aliphatic heterocycles. The summed E-state index contributed by atoms with van der Waals surface area (Å²) >= 11 is 9.45. The molecule has 3 nitrogen and oxygen atoms in total. The first-order valence-corrected chi connectivity index (χ1v) is 6.08. The van der Waals surface area contributed by atoms with Gasteiger partial charge >= 0.3 is 0 Å². The maximum Gasteiger partial charge on any atom is 0.246 e. The Labute approximate surface area is 111 Å². The predicted molar refractivity (Wildman–Crippen MR) is 70.0 cm³/mol. The SMILES string of the molecule is Clc1cc(Br)cc2nc(-c3ccccn3)oc12. The third-order valence-corrected chi connectivity index (χ3v) is 3.03. The van der Waals surface area contributed by atoms with Gasteiger partial charge in [0, 0.05) is 10.7 Å². The van der Waals surface area contributed by atoms with Gasteiger partial charge in [-0.1, -0.05) is 33.6 Å². The normalized spacial score (nSPS) is 10.9. The van der Waals surface area contributed by atoms with E-state index in [0.717, 1.165) is 4.47 Å². The van der Waals surface area contributed by atoms with Crippen LogP contribution in [0.5, 0.6) is 0 Å². The molecule has 3 aromatic rings. The number of nitrogens with zero attached hydrogens (tertiary/aromatic N) is 2. The quantitative estimate of drug-likeness (QED) is 0.672. The van der Waals surface area contributed by atoms with Gasteiger partial charge in [-0.25, -0.2) is 4.98 Å². The number of pyridine rings is 1. The van der Waals surface area contributed by atoms with Crippen molar-refractivity contribution in [2.24, 2.45) is 0 Å². The highest BCUT2D eigenvalue weighted by Gasteiger charge is 2.12. The van der Waals surface area contributed by atoms with Crippen molar-refractivity contribution in [2.45, 2.75) is 0 Å². The van der Waals surface area contributed by atoms with E-state index in [1.165, 1.54) is 0 Å². The standard InChI is InChI=1S/C12H6BrClN2O/c13-7-5-8(14)11-10(6-7)16-12(17-11)9-3-1-2-4-15-9/h1-6H. The van der Waals surface area contributed by atoms with Gasteiger partial charge in [0.1, 0.15) is 11.2 Å². The molecular weight excluding hydrogens is 304 g/mol. The lowest BCUT2D eigenvalue weighted by atomic mass is 10.3. The number of halogens is 2. The molecule has 0 saturated carbocycles. The van der Waals surface area contributed by atoms with Gasteiger partial charge in [-0.05, 0) is 24.3 Å². The molecule has 0 aliphatic carbocycles. The Bertz CT molecular complexity index is 682. The van der Waals surface area contributed by atoms with Gasteiger partial charge < -0.3 is 4.42 Å². The van der Waals surface area contributed by atoms with Crippen LogP contribution < -0.4 is 0 Å². The molecule has 0 spiro atoms. The van der Waals surface area contributed by atoms with Crippen molar-refractivity contribution in [1.29, 1.82) is 0 Å². The summed E-state index contributed by atoms with van der Waals surface area (Å²) in [7, 11) is 0. The number of fused-ring (bicyclic) bond motifs is 1. The minimum absolute atomic E-state index is 0.473. The van der Waals surface area contributed by atoms with Crippen LogP contribution >= 0.6 is 27.5 Å². The Morgan fingerprint density at radius 3 is 2.88 bits per heavy atom. The number of aromatic nitrogens is 2. The van der Waals surface area contributed by atoms with Crippen LogP contribution in [0.2, 0.25) is 5.02 Å². The molecule has 2 aromatic heterocycles. The molecular formula is C12H6BrClN2O. The first kappa shape index (κ1) is 10.7. The number of hydrogen-bond acceptors (Lipinski definition) is 3. The summed E-state index contributed by atoms with van der Waals surface area (Å²) in [5.41, 5.74) is 1.98. The van der Waals surface area contributed by atoms with Crippen molar-refractivity contribution in [3.8, 4) is 11.6 Å². The summed E-state index contributed by atoms with van der Waals surface area (Å²) in [5.74, 6) is 0.473. The molecule has 0 saturated heterocycles. The molecule has 1 aromatic carbocycles. The van der Waals surface area contributed by atoms with E-state index >= 15 is 0 Å². The van der Waals surface area contributed by atoms with E-state index in [9.17, 15) is 0 Å². The summed E-state index contributed by atoms with van der Waals surface area (Å²) in [6.07, 6.45) is 1.70. The van der Waals surface area contributed by atoms with Gasteiger partial charge in [0.2, 0.25) is 5.89 Å². The lowest BCUT2D eigenvalue weighted by Gasteiger charge is -1.92. The largest absolute Gasteiger partial charge is 0.433 e. The van der Waals surface area contributed by atoms with Crippen LogP contribution in [0.25, 0.3) is 22.7 Å². The van der Waals surface area contributed by atoms with Crippen LogP contribution in [0.15, 0.2) is 45.4 Å². The molecule has 0 bridgehead atoms. The molecule has 0 amide bonds. The van der Waals surface area contributed by atoms with Gasteiger partial charge in [0.05, 0.1) is 5.02 Å². The smallest absolute Gasteiger partial charge is 0.246 e. The van der Waals surface area contributed by atoms with Gasteiger partial charge in [0.25, 0.3) is 0 Å². The average Bonchev–Trinajstić information content (AvgIpc) is 2.74. The van der Waals surface area contributed by atoms with Crippen LogP contribution in [0.1, 0.15) is 0 Å². The number of rotatable bonds is 1. The highest BCUT2D eigenvalue weighted by atomic mass is 79.9. The topological polar surface area (TPSA) is 38.9 Å². The second-order valence-corrected chi connectivity index (χ2v) is 4.79. The third kappa shape index (κ3) is 1.94. The Morgan fingerprint density at radius 1 is 1.24 bits per heavy atom. The molecule has 17 heavy (non-hydrogen) atoms. The molecule has 0 radical (unpaired) electrons. The van der Waals surface area contributed by atoms with Crippen molar-refractivity contribution >= 4 is 38.6 Å². The molecule has 0 aliphatic rings. The summed E-state index contributed by atoms with van der Waals surface area (Å²) in [6, 6.07) is 9.20. The van der Waals surface area contributed by atoms with E-state index in [2.05, 4.69) is 25.9 Å². The van der Waals surface area contributed by atoms with Crippen molar-refractivity contribution < 1.29 is 4.42 Å². The van der Waals surface area contributed by atoms with Crippen molar-refractivity contribution in [3.05, 3.63) is 46.0 Å². The van der Waals surface area contributed by atoms with E-state index in [-0.39, 0.29) is 0 Å². The molecule has 3 rings (SSSR count). The second-order valence-electron chi connectivity index (χ2n) is 3.47. The van der Waals surface area contributed by atoms with E-state index < -0.39 is 0 Å². The van der Waals surface area contributed by atoms with Gasteiger partial charge in [-0.3, -0.25) is 4.98 Å². The molecule has 0 N–H and O–H groups in total. The van der Waals surface area contributed by atoms with Crippen molar-refractivity contribution in [2.75, 3.05) is 0 Å². The maximum absolute atomic E-state index is 6.08. The number of hydrogen-bond donors (Lipinski definition) is 0. The van der Waals surface area contributed by atoms with Crippen LogP contribution in [-0.2, 0) is 0 Å². The maximum atomic E-state index is 6.08. The van der Waals surface area contributed by atoms with Gasteiger partial charge in [0.15, 0.2) is 5.58 Å². The molecule has 0 atom stereocenters. The summed E-state index contributed by atoms with van der Waals surface area (Å²) in [6.45, 7) is 0. The zero-order chi connectivity index (χ0) is 11.8. The summed E-state index contributed by atoms with van der Waals surface area (Å²) in [5, 5.41) is 0.532. The van der Waals surface area contributed by atoms with Gasteiger partial charge in [-0.2, -0.15) is 0 Å². The Morgan fingerprint density at radius 2 is 2.12 bits per heavy atom. The lowest BCUT2D eigenvalue weighted by molar-refractivity contribution is 0.617. The van der Waals surface area contributed by atoms with E-state index in [4.69, 9.17) is 16.0 Å². The fraction of sp³-hybridized carbons (Fsp3) is 0. The molecule has 5 heteroatoms. The first-order valence-electron chi connectivity index (χ1n) is 4.91. The Hall–Kier alpha value is -1.39. The minimum atomic E-state index is 0.473. The Kier molecular flexibility index (Phi) is 2.61. The monoisotopic (exact) mass is 308 g/mol. The molecule has 0 unspecified atom stereocenters. The van der Waals surface area contributed by atoms with Gasteiger partial charge in [-0.15, -0.1) is 0 Å². The molecule has 84 valence electrons. The predicted octanol–water partition coefficient (Wildman–Crippen LogP) is 4.31. The summed E-state index contributed by atoms with van der Waals surface area (Å²) < 4.78 is 6.48. The van der Waals surface area contributed by atoms with E-state index in [1.54, 1.807) is 12.3 Å². The van der Waals surface area contributed by atoms with E-state index in [0.29, 0.717) is 27.7 Å². The fourth-order valence-corrected chi connectivity index (χ4v) is 2.39. The van der Waals surface area contributed by atoms with Crippen LogP contribution in [-0.4, -0.2) is 9.97 Å². The molecule has 0 fully saturated rings. The molecule has 2 heterocycles. The zero-order valence-corrected chi connectivity index (χ0v) is 10.9. The minimum Gasteiger partial charge on any atom is -0.433 e. The van der Waals surface area contributed by atoms with Crippen LogP contribution in [0.4, 0.5) is 0 Å². The Balaban J connectivity index is 2.24. The lowest BCUT2D eigenvalue weighted by Crippen LogP contribution is -1.80. The van der Waals surface area contributed by atoms with Crippen LogP contribution in [0, 0.1) is 0 Å². The first-order chi connectivity index (χ1) is 8.24. The number of oxazole rings is 1. The van der Waals surface area contributed by atoms with Crippen LogP contribution in [0.3, 0.4) is 0 Å². The van der Waals surface area contributed by atoms with Crippen molar-refractivity contribution in [3.63, 3.8) is 0 Å². The van der Waals surface area contributed by atoms with Crippen molar-refractivity contribution in [1.82, 2.24) is 9.97 Å². The third-order valence-electron chi connectivity index (χ3n) is 2.29. The average molecular weight is 310 g/mol. The number of benzene rings is 1. The highest BCUT2D eigenvalue weighted by Crippen LogP contribution is 2.31. The summed E-state index contributed by atoms with van der Waals surface area (Å²) in [4.78, 5) is 8.55. The zero-order valence-electron chi connectivity index (χ0n) is 8.52. The highest BCUT2D eigenvalue weighted by molar-refractivity contribution is 9.10.